The number of nitrogens with two attached hydrogens (primary N) is 1. The molecule has 1 aromatic rings. The SMILES string of the molecule is C#CCO[C@H]1C[C@@H](C(=O)N[C@@H]2CCCc3ccccc32)N(C(=O)[C@@H](N)C(=C)C)C1. The van der Waals surface area contributed by atoms with Gasteiger partial charge in [0, 0.05) is 13.0 Å². The molecule has 1 aliphatic carbocycles. The van der Waals surface area contributed by atoms with Gasteiger partial charge in [-0.05, 0) is 37.3 Å². The Morgan fingerprint density at radius 1 is 1.45 bits per heavy atom. The van der Waals surface area contributed by atoms with Crippen LogP contribution in [0.4, 0.5) is 0 Å². The van der Waals surface area contributed by atoms with Gasteiger partial charge in [-0.1, -0.05) is 42.3 Å². The molecule has 0 saturated carbocycles. The van der Waals surface area contributed by atoms with E-state index in [-0.39, 0.29) is 30.6 Å². The van der Waals surface area contributed by atoms with Crippen molar-refractivity contribution >= 4 is 11.8 Å². The standard InChI is InChI=1S/C23H29N3O3/c1-4-12-29-17-13-20(26(14-17)23(28)21(24)15(2)3)22(27)25-19-11-7-9-16-8-5-6-10-18(16)19/h1,5-6,8,10,17,19-21H,2,7,9,11-14,24H2,3H3,(H,25,27)/t17-,19+,20-,21-/m0/s1. The van der Waals surface area contributed by atoms with Crippen LogP contribution in [0.15, 0.2) is 36.4 Å². The molecule has 4 atom stereocenters. The van der Waals surface area contributed by atoms with E-state index in [2.05, 4.69) is 29.9 Å². The number of rotatable bonds is 6. The van der Waals surface area contributed by atoms with Crippen LogP contribution in [0, 0.1) is 12.3 Å². The zero-order chi connectivity index (χ0) is 21.0. The minimum absolute atomic E-state index is 0.0510. The van der Waals surface area contributed by atoms with E-state index in [1.807, 2.05) is 12.1 Å². The van der Waals surface area contributed by atoms with Crippen LogP contribution in [0.5, 0.6) is 0 Å². The molecule has 3 rings (SSSR count). The van der Waals surface area contributed by atoms with E-state index in [1.54, 1.807) is 6.92 Å². The maximum absolute atomic E-state index is 13.2. The summed E-state index contributed by atoms with van der Waals surface area (Å²) in [6.45, 7) is 5.92. The van der Waals surface area contributed by atoms with Crippen LogP contribution >= 0.6 is 0 Å². The van der Waals surface area contributed by atoms with E-state index in [9.17, 15) is 9.59 Å². The predicted molar refractivity (Wildman–Crippen MR) is 112 cm³/mol. The summed E-state index contributed by atoms with van der Waals surface area (Å²) in [6.07, 6.45) is 8.31. The highest BCUT2D eigenvalue weighted by Gasteiger charge is 2.42. The molecule has 0 aromatic heterocycles. The lowest BCUT2D eigenvalue weighted by Gasteiger charge is -2.30. The van der Waals surface area contributed by atoms with Crippen LogP contribution in [-0.4, -0.2) is 48.1 Å². The molecule has 154 valence electrons. The van der Waals surface area contributed by atoms with Crippen molar-refractivity contribution in [1.29, 1.82) is 0 Å². The molecule has 1 heterocycles. The Bertz CT molecular complexity index is 829. The van der Waals surface area contributed by atoms with Gasteiger partial charge in [0.05, 0.1) is 12.1 Å². The number of hydrogen-bond acceptors (Lipinski definition) is 4. The first-order valence-electron chi connectivity index (χ1n) is 10.1. The molecule has 2 amide bonds. The molecule has 0 spiro atoms. The molecule has 2 aliphatic rings. The van der Waals surface area contributed by atoms with Crippen molar-refractivity contribution in [2.75, 3.05) is 13.2 Å². The van der Waals surface area contributed by atoms with E-state index in [0.29, 0.717) is 18.5 Å². The van der Waals surface area contributed by atoms with Gasteiger partial charge in [-0.25, -0.2) is 0 Å². The quantitative estimate of drug-likeness (QED) is 0.567. The van der Waals surface area contributed by atoms with Crippen molar-refractivity contribution < 1.29 is 14.3 Å². The summed E-state index contributed by atoms with van der Waals surface area (Å²) in [5.74, 6) is 1.94. The number of nitrogens with one attached hydrogen (secondary N) is 1. The summed E-state index contributed by atoms with van der Waals surface area (Å²) < 4.78 is 5.63. The van der Waals surface area contributed by atoms with Gasteiger partial charge in [-0.3, -0.25) is 9.59 Å². The number of likely N-dealkylation sites (tertiary alicyclic amines) is 1. The fraction of sp³-hybridized carbons (Fsp3) is 0.478. The van der Waals surface area contributed by atoms with E-state index >= 15 is 0 Å². The van der Waals surface area contributed by atoms with Crippen LogP contribution in [0.25, 0.3) is 0 Å². The van der Waals surface area contributed by atoms with Gasteiger partial charge in [0.2, 0.25) is 11.8 Å². The monoisotopic (exact) mass is 395 g/mol. The average molecular weight is 396 g/mol. The van der Waals surface area contributed by atoms with Crippen LogP contribution in [0.1, 0.15) is 43.4 Å². The first kappa shape index (κ1) is 21.1. The summed E-state index contributed by atoms with van der Waals surface area (Å²) in [4.78, 5) is 27.6. The zero-order valence-electron chi connectivity index (χ0n) is 16.9. The molecule has 0 unspecified atom stereocenters. The van der Waals surface area contributed by atoms with Gasteiger partial charge in [0.1, 0.15) is 18.7 Å². The zero-order valence-corrected chi connectivity index (χ0v) is 16.9. The number of carbonyl (C=O) groups excluding carboxylic acids is 2. The van der Waals surface area contributed by atoms with Crippen LogP contribution in [-0.2, 0) is 20.7 Å². The number of hydrogen-bond donors (Lipinski definition) is 2. The van der Waals surface area contributed by atoms with Crippen molar-refractivity contribution in [3.05, 3.63) is 47.5 Å². The Balaban J connectivity index is 1.76. The molecule has 29 heavy (non-hydrogen) atoms. The predicted octanol–water partition coefficient (Wildman–Crippen LogP) is 1.70. The summed E-state index contributed by atoms with van der Waals surface area (Å²) in [6, 6.07) is 6.65. The second-order valence-corrected chi connectivity index (χ2v) is 7.86. The number of aryl methyl sites for hydroxylation is 1. The van der Waals surface area contributed by atoms with E-state index < -0.39 is 12.1 Å². The van der Waals surface area contributed by atoms with Gasteiger partial charge in [-0.15, -0.1) is 6.42 Å². The summed E-state index contributed by atoms with van der Waals surface area (Å²) in [7, 11) is 0. The molecule has 6 heteroatoms. The van der Waals surface area contributed by atoms with E-state index in [4.69, 9.17) is 16.9 Å². The minimum atomic E-state index is -0.841. The number of ether oxygens (including phenoxy) is 1. The van der Waals surface area contributed by atoms with Crippen LogP contribution < -0.4 is 11.1 Å². The van der Waals surface area contributed by atoms with Gasteiger partial charge in [0.15, 0.2) is 0 Å². The number of carbonyl (C=O) groups is 2. The summed E-state index contributed by atoms with van der Waals surface area (Å²) >= 11 is 0. The Morgan fingerprint density at radius 3 is 2.93 bits per heavy atom. The van der Waals surface area contributed by atoms with E-state index in [0.717, 1.165) is 24.8 Å². The Labute approximate surface area is 172 Å². The Hall–Kier alpha value is -2.62. The molecule has 1 saturated heterocycles. The second kappa shape index (κ2) is 9.25. The third-order valence-electron chi connectivity index (χ3n) is 5.73. The molecular weight excluding hydrogens is 366 g/mol. The Kier molecular flexibility index (Phi) is 6.73. The lowest BCUT2D eigenvalue weighted by Crippen LogP contribution is -2.52. The van der Waals surface area contributed by atoms with Gasteiger partial charge >= 0.3 is 0 Å². The molecule has 1 aliphatic heterocycles. The molecule has 1 aromatic carbocycles. The molecule has 0 bridgehead atoms. The van der Waals surface area contributed by atoms with Crippen LogP contribution in [0.2, 0.25) is 0 Å². The molecular formula is C23H29N3O3. The third-order valence-corrected chi connectivity index (χ3v) is 5.73. The first-order valence-corrected chi connectivity index (χ1v) is 10.1. The maximum Gasteiger partial charge on any atom is 0.244 e. The summed E-state index contributed by atoms with van der Waals surface area (Å²) in [5, 5.41) is 3.15. The number of fused-ring (bicyclic) bond motifs is 1. The van der Waals surface area contributed by atoms with E-state index in [1.165, 1.54) is 10.5 Å². The summed E-state index contributed by atoms with van der Waals surface area (Å²) in [5.41, 5.74) is 8.98. The molecule has 0 radical (unpaired) electrons. The Morgan fingerprint density at radius 2 is 2.21 bits per heavy atom. The van der Waals surface area contributed by atoms with Gasteiger partial charge in [-0.2, -0.15) is 0 Å². The van der Waals surface area contributed by atoms with Gasteiger partial charge < -0.3 is 20.7 Å². The highest BCUT2D eigenvalue weighted by Crippen LogP contribution is 2.30. The fourth-order valence-corrected chi connectivity index (χ4v) is 4.14. The second-order valence-electron chi connectivity index (χ2n) is 7.86. The molecule has 6 nitrogen and oxygen atoms in total. The highest BCUT2D eigenvalue weighted by atomic mass is 16.5. The van der Waals surface area contributed by atoms with Crippen molar-refractivity contribution in [3.8, 4) is 12.3 Å². The first-order chi connectivity index (χ1) is 13.9. The maximum atomic E-state index is 13.2. The average Bonchev–Trinajstić information content (AvgIpc) is 3.15. The number of terminal acetylenes is 1. The molecule has 3 N–H and O–H groups in total. The van der Waals surface area contributed by atoms with Crippen molar-refractivity contribution in [2.45, 2.75) is 56.8 Å². The number of nitrogens with zero attached hydrogens (tertiary/aromatic N) is 1. The van der Waals surface area contributed by atoms with Crippen molar-refractivity contribution in [3.63, 3.8) is 0 Å². The van der Waals surface area contributed by atoms with Crippen LogP contribution in [0.3, 0.4) is 0 Å². The largest absolute Gasteiger partial charge is 0.364 e. The van der Waals surface area contributed by atoms with Gasteiger partial charge in [0.25, 0.3) is 0 Å². The highest BCUT2D eigenvalue weighted by molar-refractivity contribution is 5.92. The van der Waals surface area contributed by atoms with Crippen molar-refractivity contribution in [1.82, 2.24) is 10.2 Å². The topological polar surface area (TPSA) is 84.7 Å². The molecule has 1 fully saturated rings. The van der Waals surface area contributed by atoms with Crippen molar-refractivity contribution in [2.24, 2.45) is 5.73 Å². The fourth-order valence-electron chi connectivity index (χ4n) is 4.14. The lowest BCUT2D eigenvalue weighted by molar-refractivity contribution is -0.139. The lowest BCUT2D eigenvalue weighted by atomic mass is 9.87. The number of amides is 2. The third kappa shape index (κ3) is 4.69. The number of benzene rings is 1. The minimum Gasteiger partial charge on any atom is -0.364 e. The smallest absolute Gasteiger partial charge is 0.244 e. The normalized spacial score (nSPS) is 24.3.